The van der Waals surface area contributed by atoms with Gasteiger partial charge >= 0.3 is 0 Å². The van der Waals surface area contributed by atoms with E-state index in [4.69, 9.17) is 10.2 Å². The van der Waals surface area contributed by atoms with E-state index in [1.807, 2.05) is 17.5 Å². The van der Waals surface area contributed by atoms with Gasteiger partial charge in [0.2, 0.25) is 5.91 Å². The van der Waals surface area contributed by atoms with Crippen molar-refractivity contribution in [1.82, 2.24) is 9.88 Å². The minimum atomic E-state index is 0.0121. The molecule has 2 heterocycles. The minimum absolute atomic E-state index is 0.0121. The Morgan fingerprint density at radius 3 is 2.95 bits per heavy atom. The fraction of sp³-hybridized carbons (Fsp3) is 0.467. The van der Waals surface area contributed by atoms with Crippen LogP contribution < -0.4 is 5.73 Å². The fourth-order valence-electron chi connectivity index (χ4n) is 2.41. The number of aromatic nitrogens is 1. The van der Waals surface area contributed by atoms with E-state index in [1.54, 1.807) is 11.9 Å². The van der Waals surface area contributed by atoms with E-state index in [-0.39, 0.29) is 12.3 Å². The number of carbonyl (C=O) groups excluding carboxylic acids is 1. The van der Waals surface area contributed by atoms with Gasteiger partial charge in [-0.1, -0.05) is 6.92 Å². The third-order valence-corrected chi connectivity index (χ3v) is 4.60. The Kier molecular flexibility index (Phi) is 3.71. The molecule has 5 nitrogen and oxygen atoms in total. The molecule has 0 saturated heterocycles. The maximum absolute atomic E-state index is 12.1. The molecule has 1 saturated carbocycles. The standard InChI is InChI=1S/C15H19N3O2S/c1-9-5-12(9)13-4-3-11(20-13)7-18(2)14(19)6-10-8-21-15(16)17-10/h3-4,8-9,12H,5-7H2,1-2H3,(H2,16,17). The van der Waals surface area contributed by atoms with Crippen LogP contribution in [0, 0.1) is 5.92 Å². The van der Waals surface area contributed by atoms with Gasteiger partial charge in [0.15, 0.2) is 5.13 Å². The molecule has 0 aliphatic heterocycles. The third kappa shape index (κ3) is 3.26. The van der Waals surface area contributed by atoms with Crippen molar-refractivity contribution >= 4 is 22.4 Å². The Morgan fingerprint density at radius 1 is 1.57 bits per heavy atom. The smallest absolute Gasteiger partial charge is 0.228 e. The van der Waals surface area contributed by atoms with E-state index >= 15 is 0 Å². The zero-order valence-electron chi connectivity index (χ0n) is 12.2. The molecule has 21 heavy (non-hydrogen) atoms. The molecule has 2 atom stereocenters. The molecule has 1 aliphatic rings. The summed E-state index contributed by atoms with van der Waals surface area (Å²) in [5.74, 6) is 3.18. The quantitative estimate of drug-likeness (QED) is 0.921. The summed E-state index contributed by atoms with van der Waals surface area (Å²) in [6.45, 7) is 2.71. The predicted octanol–water partition coefficient (Wildman–Crippen LogP) is 2.64. The molecule has 0 aromatic carbocycles. The SMILES string of the molecule is CC1CC1c1ccc(CN(C)C(=O)Cc2csc(N)n2)o1. The maximum atomic E-state index is 12.1. The first-order chi connectivity index (χ1) is 10.0. The number of nitrogens with two attached hydrogens (primary N) is 1. The molecule has 2 aromatic rings. The van der Waals surface area contributed by atoms with E-state index in [1.165, 1.54) is 17.8 Å². The second kappa shape index (κ2) is 5.52. The molecule has 2 N–H and O–H groups in total. The van der Waals surface area contributed by atoms with Gasteiger partial charge in [0.05, 0.1) is 18.7 Å². The van der Waals surface area contributed by atoms with Crippen molar-refractivity contribution in [1.29, 1.82) is 0 Å². The summed E-state index contributed by atoms with van der Waals surface area (Å²) >= 11 is 1.35. The number of nitrogen functional groups attached to an aromatic ring is 1. The lowest BCUT2D eigenvalue weighted by atomic mass is 10.2. The van der Waals surface area contributed by atoms with Crippen LogP contribution in [0.1, 0.15) is 36.5 Å². The van der Waals surface area contributed by atoms with Gasteiger partial charge in [0.25, 0.3) is 0 Å². The number of carbonyl (C=O) groups is 1. The van der Waals surface area contributed by atoms with Gasteiger partial charge in [-0.25, -0.2) is 4.98 Å². The zero-order valence-corrected chi connectivity index (χ0v) is 13.0. The average molecular weight is 305 g/mol. The summed E-state index contributed by atoms with van der Waals surface area (Å²) in [4.78, 5) is 17.9. The van der Waals surface area contributed by atoms with Crippen LogP contribution in [0.2, 0.25) is 0 Å². The monoisotopic (exact) mass is 305 g/mol. The Hall–Kier alpha value is -1.82. The normalized spacial score (nSPS) is 20.5. The second-order valence-electron chi connectivity index (χ2n) is 5.73. The van der Waals surface area contributed by atoms with Crippen molar-refractivity contribution in [2.45, 2.75) is 32.2 Å². The molecule has 6 heteroatoms. The van der Waals surface area contributed by atoms with Crippen LogP contribution in [-0.4, -0.2) is 22.8 Å². The molecular weight excluding hydrogens is 286 g/mol. The van der Waals surface area contributed by atoms with Crippen LogP contribution in [-0.2, 0) is 17.8 Å². The first-order valence-corrected chi connectivity index (χ1v) is 7.93. The zero-order chi connectivity index (χ0) is 15.0. The highest BCUT2D eigenvalue weighted by molar-refractivity contribution is 7.13. The summed E-state index contributed by atoms with van der Waals surface area (Å²) in [7, 11) is 1.78. The highest BCUT2D eigenvalue weighted by atomic mass is 32.1. The van der Waals surface area contributed by atoms with Crippen LogP contribution in [0.25, 0.3) is 0 Å². The Morgan fingerprint density at radius 2 is 2.33 bits per heavy atom. The number of hydrogen-bond acceptors (Lipinski definition) is 5. The summed E-state index contributed by atoms with van der Waals surface area (Å²) in [6.07, 6.45) is 1.48. The van der Waals surface area contributed by atoms with Gasteiger partial charge in [-0.3, -0.25) is 4.79 Å². The molecule has 1 aliphatic carbocycles. The van der Waals surface area contributed by atoms with Gasteiger partial charge in [0.1, 0.15) is 11.5 Å². The van der Waals surface area contributed by atoms with Crippen LogP contribution >= 0.6 is 11.3 Å². The number of likely N-dealkylation sites (N-methyl/N-ethyl adjacent to an activating group) is 1. The average Bonchev–Trinajstić information content (AvgIpc) is 2.84. The van der Waals surface area contributed by atoms with E-state index in [0.717, 1.165) is 23.1 Å². The lowest BCUT2D eigenvalue weighted by Gasteiger charge is -2.15. The number of thiazole rings is 1. The van der Waals surface area contributed by atoms with Gasteiger partial charge in [0, 0.05) is 18.3 Å². The summed E-state index contributed by atoms with van der Waals surface area (Å²) in [5, 5.41) is 2.32. The van der Waals surface area contributed by atoms with Crippen molar-refractivity contribution < 1.29 is 9.21 Å². The van der Waals surface area contributed by atoms with Crippen molar-refractivity contribution in [3.63, 3.8) is 0 Å². The summed E-state index contributed by atoms with van der Waals surface area (Å²) < 4.78 is 5.83. The molecule has 2 unspecified atom stereocenters. The molecule has 0 bridgehead atoms. The van der Waals surface area contributed by atoms with Gasteiger partial charge in [-0.15, -0.1) is 11.3 Å². The second-order valence-corrected chi connectivity index (χ2v) is 6.62. The van der Waals surface area contributed by atoms with Gasteiger partial charge < -0.3 is 15.1 Å². The van der Waals surface area contributed by atoms with Crippen molar-refractivity contribution in [2.24, 2.45) is 5.92 Å². The molecule has 0 spiro atoms. The predicted molar refractivity (Wildman–Crippen MR) is 81.9 cm³/mol. The molecule has 1 amide bonds. The third-order valence-electron chi connectivity index (χ3n) is 3.88. The number of hydrogen-bond donors (Lipinski definition) is 1. The van der Waals surface area contributed by atoms with Crippen LogP contribution in [0.3, 0.4) is 0 Å². The van der Waals surface area contributed by atoms with Gasteiger partial charge in [-0.2, -0.15) is 0 Å². The van der Waals surface area contributed by atoms with E-state index in [9.17, 15) is 4.79 Å². The fourth-order valence-corrected chi connectivity index (χ4v) is 2.98. The summed E-state index contributed by atoms with van der Waals surface area (Å²) in [6, 6.07) is 3.99. The number of nitrogens with zero attached hydrogens (tertiary/aromatic N) is 2. The summed E-state index contributed by atoms with van der Waals surface area (Å²) in [5.41, 5.74) is 6.29. The molecule has 2 aromatic heterocycles. The molecule has 3 rings (SSSR count). The lowest BCUT2D eigenvalue weighted by Crippen LogP contribution is -2.27. The maximum Gasteiger partial charge on any atom is 0.228 e. The first-order valence-electron chi connectivity index (χ1n) is 7.05. The first kappa shape index (κ1) is 14.1. The van der Waals surface area contributed by atoms with Crippen molar-refractivity contribution in [3.8, 4) is 0 Å². The van der Waals surface area contributed by atoms with Crippen molar-refractivity contribution in [2.75, 3.05) is 12.8 Å². The molecule has 112 valence electrons. The number of amides is 1. The molecule has 0 radical (unpaired) electrons. The lowest BCUT2D eigenvalue weighted by molar-refractivity contribution is -0.129. The minimum Gasteiger partial charge on any atom is -0.464 e. The van der Waals surface area contributed by atoms with Crippen molar-refractivity contribution in [3.05, 3.63) is 34.7 Å². The molecular formula is C15H19N3O2S. The van der Waals surface area contributed by atoms with Crippen LogP contribution in [0.5, 0.6) is 0 Å². The highest BCUT2D eigenvalue weighted by Crippen LogP contribution is 2.47. The molecule has 1 fully saturated rings. The highest BCUT2D eigenvalue weighted by Gasteiger charge is 2.36. The van der Waals surface area contributed by atoms with Crippen LogP contribution in [0.15, 0.2) is 21.9 Å². The Balaban J connectivity index is 1.56. The topological polar surface area (TPSA) is 72.4 Å². The van der Waals surface area contributed by atoms with E-state index < -0.39 is 0 Å². The number of furan rings is 1. The largest absolute Gasteiger partial charge is 0.464 e. The Labute approximate surface area is 127 Å². The van der Waals surface area contributed by atoms with E-state index in [2.05, 4.69) is 11.9 Å². The number of anilines is 1. The van der Waals surface area contributed by atoms with Gasteiger partial charge in [-0.05, 0) is 24.5 Å². The number of rotatable bonds is 5. The Bertz CT molecular complexity index is 649. The van der Waals surface area contributed by atoms with Crippen LogP contribution in [0.4, 0.5) is 5.13 Å². The van der Waals surface area contributed by atoms with E-state index in [0.29, 0.717) is 17.6 Å².